The van der Waals surface area contributed by atoms with E-state index >= 15 is 0 Å². The average molecular weight is 248 g/mol. The Bertz CT molecular complexity index is 718. The summed E-state index contributed by atoms with van der Waals surface area (Å²) in [5, 5.41) is 4.44. The Morgan fingerprint density at radius 2 is 1.74 bits per heavy atom. The topological polar surface area (TPSA) is 24.9 Å². The van der Waals surface area contributed by atoms with Gasteiger partial charge in [0.2, 0.25) is 0 Å². The number of anilines is 1. The van der Waals surface area contributed by atoms with E-state index in [0.717, 1.165) is 22.5 Å². The Morgan fingerprint density at radius 1 is 0.947 bits per heavy atom. The maximum atomic E-state index is 4.76. The molecule has 19 heavy (non-hydrogen) atoms. The summed E-state index contributed by atoms with van der Waals surface area (Å²) in [7, 11) is 1.95. The van der Waals surface area contributed by atoms with Crippen LogP contribution in [0.2, 0.25) is 0 Å². The van der Waals surface area contributed by atoms with Gasteiger partial charge in [0.15, 0.2) is 0 Å². The Hall–Kier alpha value is -2.35. The van der Waals surface area contributed by atoms with Crippen molar-refractivity contribution in [3.8, 4) is 11.3 Å². The van der Waals surface area contributed by atoms with Crippen molar-refractivity contribution in [1.29, 1.82) is 0 Å². The van der Waals surface area contributed by atoms with Crippen LogP contribution in [0.15, 0.2) is 54.6 Å². The van der Waals surface area contributed by atoms with Gasteiger partial charge in [-0.3, -0.25) is 0 Å². The third-order valence-electron chi connectivity index (χ3n) is 3.30. The van der Waals surface area contributed by atoms with Crippen LogP contribution >= 0.6 is 0 Å². The van der Waals surface area contributed by atoms with Crippen molar-refractivity contribution in [2.24, 2.45) is 0 Å². The lowest BCUT2D eigenvalue weighted by Crippen LogP contribution is -1.94. The number of hydrogen-bond acceptors (Lipinski definition) is 2. The third kappa shape index (κ3) is 2.17. The summed E-state index contributed by atoms with van der Waals surface area (Å²) >= 11 is 0. The fourth-order valence-corrected chi connectivity index (χ4v) is 2.30. The minimum absolute atomic E-state index is 1.00. The molecule has 0 unspecified atom stereocenters. The molecule has 0 fully saturated rings. The Kier molecular flexibility index (Phi) is 2.92. The first kappa shape index (κ1) is 11.7. The number of benzene rings is 2. The van der Waals surface area contributed by atoms with Crippen LogP contribution in [-0.2, 0) is 0 Å². The molecule has 3 aromatic rings. The fraction of sp³-hybridized carbons (Fsp3) is 0.118. The molecule has 1 heterocycles. The van der Waals surface area contributed by atoms with Crippen LogP contribution in [0.5, 0.6) is 0 Å². The SMILES string of the molecule is CNc1cc(-c2ccccc2)nc2ccc(C)cc12. The van der Waals surface area contributed by atoms with Gasteiger partial charge in [0.25, 0.3) is 0 Å². The third-order valence-corrected chi connectivity index (χ3v) is 3.30. The highest BCUT2D eigenvalue weighted by Crippen LogP contribution is 2.28. The van der Waals surface area contributed by atoms with Gasteiger partial charge >= 0.3 is 0 Å². The highest BCUT2D eigenvalue weighted by atomic mass is 14.8. The molecular formula is C17H16N2. The normalized spacial score (nSPS) is 10.6. The zero-order chi connectivity index (χ0) is 13.2. The van der Waals surface area contributed by atoms with Crippen LogP contribution < -0.4 is 5.32 Å². The van der Waals surface area contributed by atoms with E-state index in [2.05, 4.69) is 48.6 Å². The minimum atomic E-state index is 1.00. The molecule has 0 saturated heterocycles. The molecule has 0 aliphatic heterocycles. The lowest BCUT2D eigenvalue weighted by molar-refractivity contribution is 1.37. The Labute approximate surface area is 113 Å². The first-order valence-electron chi connectivity index (χ1n) is 6.42. The molecule has 94 valence electrons. The number of aryl methyl sites for hydroxylation is 1. The summed E-state index contributed by atoms with van der Waals surface area (Å²) in [5.41, 5.74) is 5.53. The smallest absolute Gasteiger partial charge is 0.0730 e. The maximum Gasteiger partial charge on any atom is 0.0730 e. The second-order valence-electron chi connectivity index (χ2n) is 4.69. The van der Waals surface area contributed by atoms with Crippen LogP contribution in [0.1, 0.15) is 5.56 Å². The first-order valence-corrected chi connectivity index (χ1v) is 6.42. The Morgan fingerprint density at radius 3 is 2.47 bits per heavy atom. The van der Waals surface area contributed by atoms with E-state index in [-0.39, 0.29) is 0 Å². The quantitative estimate of drug-likeness (QED) is 0.733. The summed E-state index contributed by atoms with van der Waals surface area (Å²) in [6.07, 6.45) is 0. The molecule has 0 bridgehead atoms. The predicted octanol–water partition coefficient (Wildman–Crippen LogP) is 4.25. The van der Waals surface area contributed by atoms with Gasteiger partial charge in [-0.2, -0.15) is 0 Å². The van der Waals surface area contributed by atoms with Crippen LogP contribution in [0, 0.1) is 6.92 Å². The lowest BCUT2D eigenvalue weighted by Gasteiger charge is -2.10. The minimum Gasteiger partial charge on any atom is -0.388 e. The van der Waals surface area contributed by atoms with Crippen molar-refractivity contribution in [1.82, 2.24) is 4.98 Å². The predicted molar refractivity (Wildman–Crippen MR) is 81.5 cm³/mol. The standard InChI is InChI=1S/C17H16N2/c1-12-8-9-15-14(10-12)17(18-2)11-16(19-15)13-6-4-3-5-7-13/h3-11H,1-2H3,(H,18,19). The lowest BCUT2D eigenvalue weighted by atomic mass is 10.1. The number of pyridine rings is 1. The van der Waals surface area contributed by atoms with E-state index in [4.69, 9.17) is 4.98 Å². The Balaban J connectivity index is 2.26. The van der Waals surface area contributed by atoms with Gasteiger partial charge in [-0.05, 0) is 25.1 Å². The average Bonchev–Trinajstić information content (AvgIpc) is 2.47. The van der Waals surface area contributed by atoms with E-state index in [9.17, 15) is 0 Å². The van der Waals surface area contributed by atoms with E-state index in [1.54, 1.807) is 0 Å². The molecule has 1 N–H and O–H groups in total. The van der Waals surface area contributed by atoms with E-state index in [1.807, 2.05) is 25.2 Å². The van der Waals surface area contributed by atoms with Gasteiger partial charge < -0.3 is 5.32 Å². The first-order chi connectivity index (χ1) is 9.28. The molecule has 0 spiro atoms. The molecule has 2 aromatic carbocycles. The maximum absolute atomic E-state index is 4.76. The van der Waals surface area contributed by atoms with Gasteiger partial charge in [-0.15, -0.1) is 0 Å². The highest BCUT2D eigenvalue weighted by molar-refractivity contribution is 5.94. The zero-order valence-electron chi connectivity index (χ0n) is 11.1. The molecule has 0 aliphatic rings. The van der Waals surface area contributed by atoms with E-state index in [1.165, 1.54) is 10.9 Å². The van der Waals surface area contributed by atoms with Crippen LogP contribution in [0.4, 0.5) is 5.69 Å². The van der Waals surface area contributed by atoms with Gasteiger partial charge in [-0.25, -0.2) is 4.98 Å². The van der Waals surface area contributed by atoms with Crippen molar-refractivity contribution >= 4 is 16.6 Å². The summed E-state index contributed by atoms with van der Waals surface area (Å²) < 4.78 is 0. The molecule has 0 atom stereocenters. The number of rotatable bonds is 2. The summed E-state index contributed by atoms with van der Waals surface area (Å²) in [6, 6.07) is 18.7. The zero-order valence-corrected chi connectivity index (χ0v) is 11.1. The van der Waals surface area contributed by atoms with Crippen molar-refractivity contribution in [2.75, 3.05) is 12.4 Å². The van der Waals surface area contributed by atoms with Crippen molar-refractivity contribution in [2.45, 2.75) is 6.92 Å². The molecule has 2 nitrogen and oxygen atoms in total. The molecule has 2 heteroatoms. The van der Waals surface area contributed by atoms with Crippen LogP contribution in [-0.4, -0.2) is 12.0 Å². The molecule has 3 rings (SSSR count). The molecule has 0 amide bonds. The second-order valence-corrected chi connectivity index (χ2v) is 4.69. The van der Waals surface area contributed by atoms with Crippen LogP contribution in [0.25, 0.3) is 22.2 Å². The second kappa shape index (κ2) is 4.73. The summed E-state index contributed by atoms with van der Waals surface area (Å²) in [4.78, 5) is 4.76. The van der Waals surface area contributed by atoms with Gasteiger partial charge in [0.1, 0.15) is 0 Å². The van der Waals surface area contributed by atoms with Gasteiger partial charge in [0.05, 0.1) is 11.2 Å². The number of fused-ring (bicyclic) bond motifs is 1. The van der Waals surface area contributed by atoms with Crippen molar-refractivity contribution in [3.05, 3.63) is 60.2 Å². The fourth-order valence-electron chi connectivity index (χ4n) is 2.30. The molecule has 0 radical (unpaired) electrons. The number of nitrogens with one attached hydrogen (secondary N) is 1. The van der Waals surface area contributed by atoms with E-state index < -0.39 is 0 Å². The monoisotopic (exact) mass is 248 g/mol. The number of hydrogen-bond donors (Lipinski definition) is 1. The number of nitrogens with zero attached hydrogens (tertiary/aromatic N) is 1. The largest absolute Gasteiger partial charge is 0.388 e. The van der Waals surface area contributed by atoms with Gasteiger partial charge in [-0.1, -0.05) is 42.0 Å². The van der Waals surface area contributed by atoms with Crippen molar-refractivity contribution < 1.29 is 0 Å². The van der Waals surface area contributed by atoms with E-state index in [0.29, 0.717) is 0 Å². The molecular weight excluding hydrogens is 232 g/mol. The highest BCUT2D eigenvalue weighted by Gasteiger charge is 2.06. The van der Waals surface area contributed by atoms with Crippen LogP contribution in [0.3, 0.4) is 0 Å². The van der Waals surface area contributed by atoms with Crippen molar-refractivity contribution in [3.63, 3.8) is 0 Å². The molecule has 0 aliphatic carbocycles. The molecule has 1 aromatic heterocycles. The van der Waals surface area contributed by atoms with Gasteiger partial charge in [0, 0.05) is 23.7 Å². The molecule has 0 saturated carbocycles. The summed E-state index contributed by atoms with van der Waals surface area (Å²) in [5.74, 6) is 0. The number of aromatic nitrogens is 1. The summed E-state index contributed by atoms with van der Waals surface area (Å²) in [6.45, 7) is 2.10.